The smallest absolute Gasteiger partial charge is 0.344 e. The molecule has 12 heteroatoms. The van der Waals surface area contributed by atoms with Crippen molar-refractivity contribution in [1.29, 1.82) is 0 Å². The average Bonchev–Trinajstić information content (AvgIpc) is 3.17. The van der Waals surface area contributed by atoms with Crippen LogP contribution in [0.3, 0.4) is 0 Å². The van der Waals surface area contributed by atoms with E-state index in [9.17, 15) is 17.8 Å². The molecule has 0 radical (unpaired) electrons. The van der Waals surface area contributed by atoms with E-state index in [1.54, 1.807) is 18.5 Å². The maximum Gasteiger partial charge on any atom is 0.344 e. The van der Waals surface area contributed by atoms with Crippen LogP contribution in [-0.2, 0) is 43.8 Å². The minimum atomic E-state index is -4.25. The number of aromatic nitrogens is 2. The Morgan fingerprint density at radius 1 is 0.593 bits per heavy atom. The van der Waals surface area contributed by atoms with E-state index in [-0.39, 0.29) is 11.5 Å². The van der Waals surface area contributed by atoms with Crippen LogP contribution in [0.4, 0.5) is 0 Å². The van der Waals surface area contributed by atoms with Gasteiger partial charge in [-0.1, -0.05) is 30.3 Å². The molecule has 6 rings (SSSR count). The van der Waals surface area contributed by atoms with Crippen molar-refractivity contribution in [2.24, 2.45) is 0 Å². The van der Waals surface area contributed by atoms with Crippen molar-refractivity contribution in [2.75, 3.05) is 6.61 Å². The third-order valence-corrected chi connectivity index (χ3v) is 10.3. The zero-order chi connectivity index (χ0) is 38.4. The standard InChI is InChI=1S/C36H35N2O5S.C6H6O3S/c1-36(2,3)43-35(39)26-42-31-14-20-34(21-15-31)44(32-16-10-29(11-17-32)40-24-27-8-4-6-22-37-27)33-18-12-30(13-19-33)41-25-28-9-5-7-23-38-28;7-10(8,9)6-4-2-1-3-5-6/h4-23H,24-26H2,1-3H3;1-5H,(H,7,8,9)/q+1;/p-1. The van der Waals surface area contributed by atoms with Crippen molar-refractivity contribution in [1.82, 2.24) is 9.97 Å². The molecular formula is C42H40N2O8S2. The van der Waals surface area contributed by atoms with Crippen LogP contribution in [0, 0.1) is 0 Å². The summed E-state index contributed by atoms with van der Waals surface area (Å²) >= 11 is 0. The second-order valence-electron chi connectivity index (χ2n) is 12.6. The lowest BCUT2D eigenvalue weighted by molar-refractivity contribution is -0.157. The molecule has 54 heavy (non-hydrogen) atoms. The third kappa shape index (κ3) is 12.8. The molecule has 0 fully saturated rings. The molecule has 0 spiro atoms. The van der Waals surface area contributed by atoms with E-state index in [1.165, 1.54) is 24.3 Å². The normalized spacial score (nSPS) is 11.2. The first-order valence-corrected chi connectivity index (χ1v) is 19.5. The number of rotatable bonds is 13. The summed E-state index contributed by atoms with van der Waals surface area (Å²) in [5.74, 6) is 1.73. The molecule has 0 bridgehead atoms. The molecule has 0 amide bonds. The van der Waals surface area contributed by atoms with E-state index in [2.05, 4.69) is 34.2 Å². The van der Waals surface area contributed by atoms with Crippen LogP contribution < -0.4 is 14.2 Å². The molecule has 0 N–H and O–H groups in total. The Balaban J connectivity index is 0.000000486. The molecule has 0 aliphatic rings. The first-order valence-electron chi connectivity index (χ1n) is 16.9. The number of nitrogens with zero attached hydrogens (tertiary/aromatic N) is 2. The minimum absolute atomic E-state index is 0.151. The van der Waals surface area contributed by atoms with Crippen molar-refractivity contribution in [3.8, 4) is 17.2 Å². The predicted octanol–water partition coefficient (Wildman–Crippen LogP) is 8.04. The van der Waals surface area contributed by atoms with E-state index in [0.29, 0.717) is 19.0 Å². The van der Waals surface area contributed by atoms with Gasteiger partial charge in [0.05, 0.1) is 27.2 Å². The SMILES string of the molecule is CC(C)(C)OC(=O)COc1ccc([S+](c2ccc(OCc3ccccn3)cc2)c2ccc(OCc3ccccn3)cc2)cc1.O=S(=O)([O-])c1ccccc1. The molecular weight excluding hydrogens is 725 g/mol. The fourth-order valence-corrected chi connectivity index (χ4v) is 7.34. The van der Waals surface area contributed by atoms with Crippen LogP contribution in [0.2, 0.25) is 0 Å². The molecule has 2 aromatic heterocycles. The highest BCUT2D eigenvalue weighted by molar-refractivity contribution is 7.97. The largest absolute Gasteiger partial charge is 0.744 e. The maximum absolute atomic E-state index is 12.1. The molecule has 10 nitrogen and oxygen atoms in total. The van der Waals surface area contributed by atoms with Gasteiger partial charge < -0.3 is 23.5 Å². The predicted molar refractivity (Wildman–Crippen MR) is 204 cm³/mol. The highest BCUT2D eigenvalue weighted by atomic mass is 32.2. The summed E-state index contributed by atoms with van der Waals surface area (Å²) in [6, 6.07) is 42.9. The Kier molecular flexibility index (Phi) is 13.8. The number of hydrogen-bond donors (Lipinski definition) is 0. The van der Waals surface area contributed by atoms with Gasteiger partial charge in [-0.05, 0) is 130 Å². The highest BCUT2D eigenvalue weighted by Gasteiger charge is 2.29. The molecule has 0 aliphatic carbocycles. The molecule has 0 unspecified atom stereocenters. The van der Waals surface area contributed by atoms with E-state index in [0.717, 1.165) is 37.6 Å². The van der Waals surface area contributed by atoms with Gasteiger partial charge >= 0.3 is 5.97 Å². The topological polar surface area (TPSA) is 137 Å². The maximum atomic E-state index is 12.1. The average molecular weight is 765 g/mol. The van der Waals surface area contributed by atoms with Crippen molar-refractivity contribution < 1.29 is 36.7 Å². The molecule has 0 saturated carbocycles. The Morgan fingerprint density at radius 3 is 1.35 bits per heavy atom. The molecule has 0 aliphatic heterocycles. The Morgan fingerprint density at radius 2 is 1.00 bits per heavy atom. The van der Waals surface area contributed by atoms with Crippen molar-refractivity contribution in [2.45, 2.75) is 59.2 Å². The summed E-state index contributed by atoms with van der Waals surface area (Å²) in [6.45, 7) is 6.15. The van der Waals surface area contributed by atoms with Crippen LogP contribution in [0.1, 0.15) is 32.2 Å². The van der Waals surface area contributed by atoms with E-state index >= 15 is 0 Å². The first kappa shape index (κ1) is 39.5. The number of hydrogen-bond acceptors (Lipinski definition) is 10. The number of benzene rings is 4. The third-order valence-electron chi connectivity index (χ3n) is 7.21. The van der Waals surface area contributed by atoms with Gasteiger partial charge in [-0.25, -0.2) is 13.2 Å². The van der Waals surface area contributed by atoms with E-state index in [4.69, 9.17) is 18.9 Å². The van der Waals surface area contributed by atoms with Crippen LogP contribution >= 0.6 is 0 Å². The lowest BCUT2D eigenvalue weighted by Gasteiger charge is -2.19. The van der Waals surface area contributed by atoms with E-state index in [1.807, 2.05) is 106 Å². The van der Waals surface area contributed by atoms with Gasteiger partial charge in [0.2, 0.25) is 0 Å². The van der Waals surface area contributed by atoms with E-state index < -0.39 is 32.6 Å². The highest BCUT2D eigenvalue weighted by Crippen LogP contribution is 2.34. The molecule has 6 aromatic rings. The van der Waals surface area contributed by atoms with Crippen molar-refractivity contribution >= 4 is 27.0 Å². The lowest BCUT2D eigenvalue weighted by atomic mass is 10.2. The monoisotopic (exact) mass is 764 g/mol. The molecule has 2 heterocycles. The summed E-state index contributed by atoms with van der Waals surface area (Å²) in [5, 5.41) is 0. The van der Waals surface area contributed by atoms with Crippen LogP contribution in [0.15, 0.2) is 172 Å². The summed E-state index contributed by atoms with van der Waals surface area (Å²) in [5.41, 5.74) is 1.18. The number of pyridine rings is 2. The van der Waals surface area contributed by atoms with Gasteiger partial charge in [0.25, 0.3) is 0 Å². The Labute approximate surface area is 318 Å². The zero-order valence-electron chi connectivity index (χ0n) is 30.0. The van der Waals surface area contributed by atoms with Crippen molar-refractivity contribution in [3.63, 3.8) is 0 Å². The van der Waals surface area contributed by atoms with Crippen LogP contribution in [0.5, 0.6) is 17.2 Å². The first-order chi connectivity index (χ1) is 25.9. The zero-order valence-corrected chi connectivity index (χ0v) is 31.7. The summed E-state index contributed by atoms with van der Waals surface area (Å²) < 4.78 is 53.8. The number of carbonyl (C=O) groups excluding carboxylic acids is 1. The second-order valence-corrected chi connectivity index (χ2v) is 16.0. The number of carbonyl (C=O) groups is 1. The van der Waals surface area contributed by atoms with Gasteiger partial charge in [0, 0.05) is 12.4 Å². The molecule has 0 saturated heterocycles. The fraction of sp³-hybridized carbons (Fsp3) is 0.167. The van der Waals surface area contributed by atoms with Gasteiger partial charge in [0.1, 0.15) is 46.2 Å². The Bertz CT molecular complexity index is 2060. The molecule has 0 atom stereocenters. The number of esters is 1. The quantitative estimate of drug-likeness (QED) is 0.0646. The summed E-state index contributed by atoms with van der Waals surface area (Å²) in [6.07, 6.45) is 3.52. The molecule has 278 valence electrons. The summed E-state index contributed by atoms with van der Waals surface area (Å²) in [4.78, 5) is 23.9. The minimum Gasteiger partial charge on any atom is -0.744 e. The lowest BCUT2D eigenvalue weighted by Crippen LogP contribution is -2.27. The Hall–Kier alpha value is -5.69. The molecule has 4 aromatic carbocycles. The fourth-order valence-electron chi connectivity index (χ4n) is 4.81. The van der Waals surface area contributed by atoms with Crippen molar-refractivity contribution in [3.05, 3.63) is 163 Å². The van der Waals surface area contributed by atoms with Gasteiger partial charge in [-0.3, -0.25) is 9.97 Å². The van der Waals surface area contributed by atoms with Gasteiger partial charge in [0.15, 0.2) is 21.3 Å². The van der Waals surface area contributed by atoms with Gasteiger partial charge in [-0.2, -0.15) is 0 Å². The number of ether oxygens (including phenoxy) is 4. The van der Waals surface area contributed by atoms with Crippen LogP contribution in [0.25, 0.3) is 0 Å². The second kappa shape index (κ2) is 18.9. The van der Waals surface area contributed by atoms with Crippen LogP contribution in [-0.4, -0.2) is 41.1 Å². The summed E-state index contributed by atoms with van der Waals surface area (Å²) in [7, 11) is -4.68. The van der Waals surface area contributed by atoms with Gasteiger partial charge in [-0.15, -0.1) is 0 Å².